The highest BCUT2D eigenvalue weighted by Gasteiger charge is 2.17. The van der Waals surface area contributed by atoms with Gasteiger partial charge in [-0.3, -0.25) is 15.0 Å². The summed E-state index contributed by atoms with van der Waals surface area (Å²) in [4.78, 5) is 12.1. The zero-order chi connectivity index (χ0) is 14.3. The topological polar surface area (TPSA) is 75.8 Å². The Morgan fingerprint density at radius 3 is 2.79 bits per heavy atom. The summed E-state index contributed by atoms with van der Waals surface area (Å²) < 4.78 is 18.1. The Balaban J connectivity index is 2.87. The van der Waals surface area contributed by atoms with E-state index in [1.54, 1.807) is 12.0 Å². The Morgan fingerprint density at radius 2 is 2.21 bits per heavy atom. The summed E-state index contributed by atoms with van der Waals surface area (Å²) in [6.07, 6.45) is 0. The van der Waals surface area contributed by atoms with Gasteiger partial charge in [0.15, 0.2) is 0 Å². The fourth-order valence-electron chi connectivity index (χ4n) is 1.73. The summed E-state index contributed by atoms with van der Waals surface area (Å²) in [6, 6.07) is 3.36. The van der Waals surface area contributed by atoms with Crippen molar-refractivity contribution in [2.24, 2.45) is 0 Å². The molecule has 1 rings (SSSR count). The summed E-state index contributed by atoms with van der Waals surface area (Å²) in [6.45, 7) is 1.40. The molecule has 0 spiro atoms. The van der Waals surface area contributed by atoms with E-state index in [9.17, 15) is 14.5 Å². The van der Waals surface area contributed by atoms with Crippen molar-refractivity contribution in [3.63, 3.8) is 0 Å². The van der Waals surface area contributed by atoms with Gasteiger partial charge in [0.1, 0.15) is 5.82 Å². The van der Waals surface area contributed by atoms with Crippen molar-refractivity contribution in [3.8, 4) is 0 Å². The van der Waals surface area contributed by atoms with E-state index in [-0.39, 0.29) is 24.4 Å². The third-order valence-electron chi connectivity index (χ3n) is 2.66. The lowest BCUT2D eigenvalue weighted by atomic mass is 10.1. The average molecular weight is 272 g/mol. The highest BCUT2D eigenvalue weighted by Crippen LogP contribution is 2.21. The minimum absolute atomic E-state index is 0.0766. The first-order chi connectivity index (χ1) is 9.08. The van der Waals surface area contributed by atoms with Crippen LogP contribution in [0.25, 0.3) is 0 Å². The minimum Gasteiger partial charge on any atom is -0.395 e. The largest absolute Gasteiger partial charge is 0.395 e. The maximum atomic E-state index is 13.2. The van der Waals surface area contributed by atoms with Gasteiger partial charge in [-0.05, 0) is 12.1 Å². The van der Waals surface area contributed by atoms with E-state index in [4.69, 9.17) is 9.84 Å². The van der Waals surface area contributed by atoms with Crippen LogP contribution in [0.3, 0.4) is 0 Å². The van der Waals surface area contributed by atoms with Gasteiger partial charge in [0.05, 0.1) is 18.1 Å². The second-order valence-electron chi connectivity index (χ2n) is 4.02. The number of aliphatic hydroxyl groups is 1. The average Bonchev–Trinajstić information content (AvgIpc) is 2.36. The first kappa shape index (κ1) is 15.5. The van der Waals surface area contributed by atoms with E-state index in [1.165, 1.54) is 0 Å². The lowest BCUT2D eigenvalue weighted by molar-refractivity contribution is -0.385. The number of nitrogens with zero attached hydrogens (tertiary/aromatic N) is 2. The van der Waals surface area contributed by atoms with Crippen LogP contribution in [0.2, 0.25) is 0 Å². The van der Waals surface area contributed by atoms with Gasteiger partial charge in [-0.1, -0.05) is 0 Å². The molecule has 1 aromatic rings. The van der Waals surface area contributed by atoms with Crippen molar-refractivity contribution in [2.45, 2.75) is 6.54 Å². The van der Waals surface area contributed by atoms with E-state index in [0.717, 1.165) is 18.2 Å². The molecule has 0 bridgehead atoms. The SMILES string of the molecule is COCCN(CCO)Cc1cc(F)ccc1[N+](=O)[O-]. The molecule has 0 aliphatic carbocycles. The predicted octanol–water partition coefficient (Wildman–Crippen LogP) is 1.17. The summed E-state index contributed by atoms with van der Waals surface area (Å²) in [7, 11) is 1.54. The van der Waals surface area contributed by atoms with Crippen LogP contribution in [0.5, 0.6) is 0 Å². The number of benzene rings is 1. The van der Waals surface area contributed by atoms with Crippen molar-refractivity contribution >= 4 is 5.69 Å². The Bertz CT molecular complexity index is 428. The minimum atomic E-state index is -0.539. The monoisotopic (exact) mass is 272 g/mol. The molecule has 0 fully saturated rings. The molecule has 0 heterocycles. The molecule has 106 valence electrons. The first-order valence-electron chi connectivity index (χ1n) is 5.83. The lowest BCUT2D eigenvalue weighted by Crippen LogP contribution is -2.30. The Labute approximate surface area is 110 Å². The van der Waals surface area contributed by atoms with E-state index in [2.05, 4.69) is 0 Å². The van der Waals surface area contributed by atoms with Gasteiger partial charge < -0.3 is 9.84 Å². The van der Waals surface area contributed by atoms with Crippen molar-refractivity contribution < 1.29 is 19.2 Å². The second kappa shape index (κ2) is 7.78. The number of halogens is 1. The van der Waals surface area contributed by atoms with Gasteiger partial charge in [0.25, 0.3) is 5.69 Å². The molecule has 6 nitrogen and oxygen atoms in total. The zero-order valence-corrected chi connectivity index (χ0v) is 10.7. The number of nitro groups is 1. The molecular weight excluding hydrogens is 255 g/mol. The third-order valence-corrected chi connectivity index (χ3v) is 2.66. The number of rotatable bonds is 8. The predicted molar refractivity (Wildman–Crippen MR) is 67.3 cm³/mol. The molecule has 0 aliphatic heterocycles. The maximum absolute atomic E-state index is 13.2. The van der Waals surface area contributed by atoms with Crippen LogP contribution in [-0.4, -0.2) is 48.3 Å². The zero-order valence-electron chi connectivity index (χ0n) is 10.7. The van der Waals surface area contributed by atoms with Crippen molar-refractivity contribution in [1.29, 1.82) is 0 Å². The standard InChI is InChI=1S/C12H17FN2O4/c1-19-7-5-14(4-6-16)9-10-8-11(13)2-3-12(10)15(17)18/h2-3,8,16H,4-7,9H2,1H3. The molecule has 0 radical (unpaired) electrons. The van der Waals surface area contributed by atoms with E-state index >= 15 is 0 Å². The van der Waals surface area contributed by atoms with E-state index in [1.807, 2.05) is 0 Å². The van der Waals surface area contributed by atoms with Crippen LogP contribution in [0.1, 0.15) is 5.56 Å². The molecule has 1 aromatic carbocycles. The number of ether oxygens (including phenoxy) is 1. The van der Waals surface area contributed by atoms with E-state index in [0.29, 0.717) is 19.7 Å². The number of aliphatic hydroxyl groups excluding tert-OH is 1. The molecule has 19 heavy (non-hydrogen) atoms. The van der Waals surface area contributed by atoms with Gasteiger partial charge >= 0.3 is 0 Å². The Hall–Kier alpha value is -1.57. The van der Waals surface area contributed by atoms with Gasteiger partial charge in [-0.25, -0.2) is 4.39 Å². The molecule has 1 N–H and O–H groups in total. The quantitative estimate of drug-likeness (QED) is 0.568. The van der Waals surface area contributed by atoms with Crippen LogP contribution in [0.4, 0.5) is 10.1 Å². The number of methoxy groups -OCH3 is 1. The van der Waals surface area contributed by atoms with Crippen LogP contribution in [0.15, 0.2) is 18.2 Å². The number of hydrogen-bond donors (Lipinski definition) is 1. The highest BCUT2D eigenvalue weighted by molar-refractivity contribution is 5.40. The van der Waals surface area contributed by atoms with Crippen LogP contribution in [0, 0.1) is 15.9 Å². The molecular formula is C12H17FN2O4. The number of nitro benzene ring substituents is 1. The molecule has 0 saturated carbocycles. The molecule has 0 aliphatic rings. The third kappa shape index (κ3) is 4.90. The van der Waals surface area contributed by atoms with E-state index < -0.39 is 10.7 Å². The van der Waals surface area contributed by atoms with Crippen LogP contribution in [-0.2, 0) is 11.3 Å². The molecule has 0 atom stereocenters. The summed E-state index contributed by atoms with van der Waals surface area (Å²) in [5, 5.41) is 19.8. The van der Waals surface area contributed by atoms with Crippen LogP contribution >= 0.6 is 0 Å². The normalized spacial score (nSPS) is 10.9. The van der Waals surface area contributed by atoms with Gasteiger partial charge in [-0.15, -0.1) is 0 Å². The van der Waals surface area contributed by atoms with Crippen molar-refractivity contribution in [1.82, 2.24) is 4.90 Å². The summed E-state index contributed by atoms with van der Waals surface area (Å²) >= 11 is 0. The number of hydrogen-bond acceptors (Lipinski definition) is 5. The van der Waals surface area contributed by atoms with Gasteiger partial charge in [0, 0.05) is 38.4 Å². The maximum Gasteiger partial charge on any atom is 0.274 e. The summed E-state index contributed by atoms with van der Waals surface area (Å²) in [5.74, 6) is -0.517. The Kier molecular flexibility index (Phi) is 6.34. The van der Waals surface area contributed by atoms with Crippen molar-refractivity contribution in [2.75, 3.05) is 33.4 Å². The smallest absolute Gasteiger partial charge is 0.274 e. The fraction of sp³-hybridized carbons (Fsp3) is 0.500. The van der Waals surface area contributed by atoms with Gasteiger partial charge in [0.2, 0.25) is 0 Å². The molecule has 0 saturated heterocycles. The Morgan fingerprint density at radius 1 is 1.47 bits per heavy atom. The molecule has 0 unspecified atom stereocenters. The first-order valence-corrected chi connectivity index (χ1v) is 5.83. The van der Waals surface area contributed by atoms with Crippen LogP contribution < -0.4 is 0 Å². The van der Waals surface area contributed by atoms with Crippen molar-refractivity contribution in [3.05, 3.63) is 39.7 Å². The highest BCUT2D eigenvalue weighted by atomic mass is 19.1. The molecule has 7 heteroatoms. The second-order valence-corrected chi connectivity index (χ2v) is 4.02. The molecule has 0 aromatic heterocycles. The van der Waals surface area contributed by atoms with Gasteiger partial charge in [-0.2, -0.15) is 0 Å². The fourth-order valence-corrected chi connectivity index (χ4v) is 1.73. The lowest BCUT2D eigenvalue weighted by Gasteiger charge is -2.20. The summed E-state index contributed by atoms with van der Waals surface area (Å²) in [5.41, 5.74) is 0.163. The molecule has 0 amide bonds.